The van der Waals surface area contributed by atoms with Gasteiger partial charge in [0.05, 0.1) is 31.9 Å². The van der Waals surface area contributed by atoms with Crippen LogP contribution in [0.5, 0.6) is 5.75 Å². The van der Waals surface area contributed by atoms with Gasteiger partial charge in [0.25, 0.3) is 0 Å². The maximum Gasteiger partial charge on any atom is 0.306 e. The van der Waals surface area contributed by atoms with Crippen LogP contribution in [0.1, 0.15) is 61.1 Å². The number of hydrogen-bond acceptors (Lipinski definition) is 6. The van der Waals surface area contributed by atoms with Gasteiger partial charge in [-0.15, -0.1) is 0 Å². The van der Waals surface area contributed by atoms with Crippen molar-refractivity contribution >= 4 is 5.97 Å². The van der Waals surface area contributed by atoms with Crippen LogP contribution >= 0.6 is 0 Å². The smallest absolute Gasteiger partial charge is 0.306 e. The van der Waals surface area contributed by atoms with E-state index >= 15 is 0 Å². The van der Waals surface area contributed by atoms with Crippen LogP contribution in [0.3, 0.4) is 0 Å². The van der Waals surface area contributed by atoms with Gasteiger partial charge in [-0.05, 0) is 73.9 Å². The Kier molecular flexibility index (Phi) is 7.84. The van der Waals surface area contributed by atoms with Crippen molar-refractivity contribution in [2.45, 2.75) is 57.5 Å². The second-order valence-corrected chi connectivity index (χ2v) is 10.3. The first-order valence-electron chi connectivity index (χ1n) is 13.6. The lowest BCUT2D eigenvalue weighted by Crippen LogP contribution is -2.15. The molecule has 0 bridgehead atoms. The predicted molar refractivity (Wildman–Crippen MR) is 151 cm³/mol. The summed E-state index contributed by atoms with van der Waals surface area (Å²) in [5.74, 6) is 1.39. The first-order valence-corrected chi connectivity index (χ1v) is 13.6. The molecule has 6 nitrogen and oxygen atoms in total. The number of ether oxygens (including phenoxy) is 2. The van der Waals surface area contributed by atoms with Crippen LogP contribution in [-0.2, 0) is 21.4 Å². The molecule has 0 saturated heterocycles. The van der Waals surface area contributed by atoms with Crippen molar-refractivity contribution < 1.29 is 23.9 Å². The fourth-order valence-corrected chi connectivity index (χ4v) is 5.22. The zero-order valence-corrected chi connectivity index (χ0v) is 22.8. The van der Waals surface area contributed by atoms with Gasteiger partial charge in [0.2, 0.25) is 0 Å². The molecular formula is C33H35NO5. The Morgan fingerprint density at radius 3 is 2.18 bits per heavy atom. The van der Waals surface area contributed by atoms with Gasteiger partial charge in [0, 0.05) is 16.5 Å². The molecule has 0 spiro atoms. The van der Waals surface area contributed by atoms with E-state index in [4.69, 9.17) is 14.0 Å². The number of methoxy groups -OCH3 is 1. The SMILES string of the molecule is CCOC(=O)CC1(c2ccc(-c3ccc(-c4onc(C)c4CCC(O)c4ccc(OC)cc4)cc3)cc2)CC1. The molecule has 4 aromatic rings. The standard InChI is InChI=1S/C33H35NO5/c1-4-38-31(36)21-33(19-20-33)27-13-9-24(10-14-27)23-5-7-26(8-6-23)32-29(22(2)34-39-32)17-18-30(35)25-11-15-28(37-3)16-12-25/h5-16,30,35H,4,17-21H2,1-3H3. The molecule has 0 aliphatic heterocycles. The first kappa shape index (κ1) is 26.7. The van der Waals surface area contributed by atoms with Crippen molar-refractivity contribution in [2.75, 3.05) is 13.7 Å². The fraction of sp³-hybridized carbons (Fsp3) is 0.333. The summed E-state index contributed by atoms with van der Waals surface area (Å²) in [5, 5.41) is 14.9. The summed E-state index contributed by atoms with van der Waals surface area (Å²) in [4.78, 5) is 12.0. The van der Waals surface area contributed by atoms with E-state index in [9.17, 15) is 9.90 Å². The van der Waals surface area contributed by atoms with Crippen molar-refractivity contribution in [1.29, 1.82) is 0 Å². The average Bonchev–Trinajstić information content (AvgIpc) is 3.65. The Labute approximate surface area is 229 Å². The van der Waals surface area contributed by atoms with Gasteiger partial charge < -0.3 is 19.1 Å². The van der Waals surface area contributed by atoms with Gasteiger partial charge in [-0.25, -0.2) is 0 Å². The zero-order valence-electron chi connectivity index (χ0n) is 22.8. The van der Waals surface area contributed by atoms with Crippen LogP contribution in [0.2, 0.25) is 0 Å². The Balaban J connectivity index is 1.26. The Morgan fingerprint density at radius 1 is 0.974 bits per heavy atom. The summed E-state index contributed by atoms with van der Waals surface area (Å²) in [6.45, 7) is 4.20. The van der Waals surface area contributed by atoms with E-state index in [0.717, 1.165) is 57.9 Å². The van der Waals surface area contributed by atoms with Crippen LogP contribution in [0, 0.1) is 6.92 Å². The molecule has 1 unspecified atom stereocenters. The van der Waals surface area contributed by atoms with E-state index in [1.165, 1.54) is 5.56 Å². The quantitative estimate of drug-likeness (QED) is 0.213. The highest BCUT2D eigenvalue weighted by molar-refractivity contribution is 5.73. The Bertz CT molecular complexity index is 1400. The van der Waals surface area contributed by atoms with Gasteiger partial charge in [0.15, 0.2) is 5.76 Å². The number of aliphatic hydroxyl groups excluding tert-OH is 1. The lowest BCUT2D eigenvalue weighted by atomic mass is 9.90. The minimum absolute atomic E-state index is 0.0594. The molecule has 5 rings (SSSR count). The van der Waals surface area contributed by atoms with Crippen LogP contribution in [0.4, 0.5) is 0 Å². The average molecular weight is 526 g/mol. The van der Waals surface area contributed by atoms with Gasteiger partial charge in [-0.1, -0.05) is 65.8 Å². The highest BCUT2D eigenvalue weighted by Gasteiger charge is 2.46. The van der Waals surface area contributed by atoms with E-state index < -0.39 is 6.10 Å². The maximum absolute atomic E-state index is 12.0. The lowest BCUT2D eigenvalue weighted by Gasteiger charge is -2.15. The Morgan fingerprint density at radius 2 is 1.59 bits per heavy atom. The number of carbonyl (C=O) groups is 1. The van der Waals surface area contributed by atoms with Crippen molar-refractivity contribution in [3.05, 3.63) is 95.2 Å². The number of aromatic nitrogens is 1. The molecule has 0 amide bonds. The number of benzene rings is 3. The molecular weight excluding hydrogens is 490 g/mol. The highest BCUT2D eigenvalue weighted by Crippen LogP contribution is 2.51. The normalized spacial score (nSPS) is 14.6. The summed E-state index contributed by atoms with van der Waals surface area (Å²) in [5.41, 5.74) is 7.03. The lowest BCUT2D eigenvalue weighted by molar-refractivity contribution is -0.143. The van der Waals surface area contributed by atoms with E-state index in [-0.39, 0.29) is 11.4 Å². The number of aliphatic hydroxyl groups is 1. The van der Waals surface area contributed by atoms with Gasteiger partial charge in [-0.2, -0.15) is 0 Å². The second-order valence-electron chi connectivity index (χ2n) is 10.3. The number of carbonyl (C=O) groups excluding carboxylic acids is 1. The molecule has 1 aliphatic carbocycles. The van der Waals surface area contributed by atoms with Crippen LogP contribution in [-0.4, -0.2) is 29.9 Å². The highest BCUT2D eigenvalue weighted by atomic mass is 16.5. The van der Waals surface area contributed by atoms with Gasteiger partial charge in [-0.3, -0.25) is 4.79 Å². The van der Waals surface area contributed by atoms with Crippen molar-refractivity contribution in [1.82, 2.24) is 5.16 Å². The second kappa shape index (κ2) is 11.5. The largest absolute Gasteiger partial charge is 0.497 e. The molecule has 6 heteroatoms. The van der Waals surface area contributed by atoms with E-state index in [2.05, 4.69) is 53.7 Å². The monoisotopic (exact) mass is 525 g/mol. The molecule has 1 aliphatic rings. The molecule has 0 radical (unpaired) electrons. The molecule has 3 aromatic carbocycles. The van der Waals surface area contributed by atoms with Crippen LogP contribution in [0.15, 0.2) is 77.3 Å². The minimum atomic E-state index is -0.588. The van der Waals surface area contributed by atoms with Crippen molar-refractivity contribution in [3.8, 4) is 28.2 Å². The summed E-state index contributed by atoms with van der Waals surface area (Å²) in [6, 6.07) is 24.3. The fourth-order valence-electron chi connectivity index (χ4n) is 5.22. The maximum atomic E-state index is 12.0. The topological polar surface area (TPSA) is 81.8 Å². The summed E-state index contributed by atoms with van der Waals surface area (Å²) in [7, 11) is 1.63. The predicted octanol–water partition coefficient (Wildman–Crippen LogP) is 6.98. The summed E-state index contributed by atoms with van der Waals surface area (Å²) < 4.78 is 16.1. The zero-order chi connectivity index (χ0) is 27.4. The number of hydrogen-bond donors (Lipinski definition) is 1. The van der Waals surface area contributed by atoms with Crippen molar-refractivity contribution in [2.24, 2.45) is 0 Å². The van der Waals surface area contributed by atoms with Crippen LogP contribution < -0.4 is 4.74 Å². The molecule has 1 fully saturated rings. The third kappa shape index (κ3) is 5.91. The molecule has 1 aromatic heterocycles. The molecule has 202 valence electrons. The summed E-state index contributed by atoms with van der Waals surface area (Å²) in [6.07, 6.45) is 3.12. The third-order valence-electron chi connectivity index (χ3n) is 7.77. The summed E-state index contributed by atoms with van der Waals surface area (Å²) >= 11 is 0. The first-order chi connectivity index (χ1) is 18.9. The number of esters is 1. The van der Waals surface area contributed by atoms with Gasteiger partial charge in [0.1, 0.15) is 5.75 Å². The number of rotatable bonds is 11. The third-order valence-corrected chi connectivity index (χ3v) is 7.77. The van der Waals surface area contributed by atoms with Crippen LogP contribution in [0.25, 0.3) is 22.5 Å². The molecule has 1 N–H and O–H groups in total. The number of nitrogens with zero attached hydrogens (tertiary/aromatic N) is 1. The minimum Gasteiger partial charge on any atom is -0.497 e. The van der Waals surface area contributed by atoms with Crippen molar-refractivity contribution in [3.63, 3.8) is 0 Å². The van der Waals surface area contributed by atoms with E-state index in [0.29, 0.717) is 25.9 Å². The van der Waals surface area contributed by atoms with Gasteiger partial charge >= 0.3 is 5.97 Å². The molecule has 39 heavy (non-hydrogen) atoms. The van der Waals surface area contributed by atoms with E-state index in [1.54, 1.807) is 7.11 Å². The molecule has 1 atom stereocenters. The Hall–Kier alpha value is -3.90. The van der Waals surface area contributed by atoms with E-state index in [1.807, 2.05) is 38.1 Å². The number of aryl methyl sites for hydroxylation is 1. The molecule has 1 heterocycles. The molecule has 1 saturated carbocycles.